The number of nitrogens with zero attached hydrogens (tertiary/aromatic N) is 1. The number of hydrogen-bond acceptors (Lipinski definition) is 4. The molecule has 1 heterocycles. The van der Waals surface area contributed by atoms with Crippen LogP contribution in [0.25, 0.3) is 6.08 Å². The molecular weight excluding hydrogens is 497 g/mol. The van der Waals surface area contributed by atoms with Crippen LogP contribution in [-0.2, 0) is 16.0 Å². The van der Waals surface area contributed by atoms with Gasteiger partial charge in [0.05, 0.1) is 0 Å². The molecule has 4 N–H and O–H groups in total. The van der Waals surface area contributed by atoms with Crippen LogP contribution in [0.5, 0.6) is 0 Å². The van der Waals surface area contributed by atoms with Crippen molar-refractivity contribution in [2.45, 2.75) is 12.8 Å². The van der Waals surface area contributed by atoms with Gasteiger partial charge >= 0.3 is 11.9 Å². The standard InChI is InChI=1S/C26H18F5N3O3/c27-18-19(28)21(30)24(22(31)20(18)29)34-10-4-5-14-11-13(8-9-17(14)34)12-16(23(32)26(36)37)25(35)33-15-6-2-1-3-7-15/h1-3,6-9,11-12,32H,4-5,10H2,(H,33,35)(H,36,37)/p+1/b16-12-,32-23?. The average molecular weight is 516 g/mol. The highest BCUT2D eigenvalue weighted by Crippen LogP contribution is 2.39. The van der Waals surface area contributed by atoms with E-state index in [2.05, 4.69) is 0 Å². The van der Waals surface area contributed by atoms with Gasteiger partial charge in [0, 0.05) is 12.2 Å². The largest absolute Gasteiger partial charge is 0.477 e. The molecule has 190 valence electrons. The third kappa shape index (κ3) is 4.98. The van der Waals surface area contributed by atoms with Crippen molar-refractivity contribution in [2.24, 2.45) is 0 Å². The number of halogens is 5. The quantitative estimate of drug-likeness (QED) is 0.113. The third-order valence-corrected chi connectivity index (χ3v) is 5.84. The van der Waals surface area contributed by atoms with Crippen molar-refractivity contribution < 1.29 is 42.0 Å². The maximum absolute atomic E-state index is 14.5. The Labute approximate surface area is 207 Å². The summed E-state index contributed by atoms with van der Waals surface area (Å²) in [4.78, 5) is 25.3. The van der Waals surface area contributed by atoms with Gasteiger partial charge in [-0.25, -0.2) is 36.9 Å². The molecule has 0 unspecified atom stereocenters. The minimum Gasteiger partial charge on any atom is -0.477 e. The second-order valence-electron chi connectivity index (χ2n) is 8.22. The van der Waals surface area contributed by atoms with Crippen molar-refractivity contribution >= 4 is 40.7 Å². The van der Waals surface area contributed by atoms with Crippen LogP contribution < -0.4 is 10.2 Å². The van der Waals surface area contributed by atoms with E-state index >= 15 is 0 Å². The molecule has 0 saturated heterocycles. The first-order chi connectivity index (χ1) is 17.6. The van der Waals surface area contributed by atoms with Crippen molar-refractivity contribution in [1.29, 1.82) is 5.41 Å². The van der Waals surface area contributed by atoms with Crippen LogP contribution in [0.1, 0.15) is 17.5 Å². The lowest BCUT2D eigenvalue weighted by Gasteiger charge is -2.32. The number of carbonyl (C=O) groups excluding carboxylic acids is 1. The molecule has 3 aromatic rings. The van der Waals surface area contributed by atoms with E-state index in [1.807, 2.05) is 0 Å². The van der Waals surface area contributed by atoms with Gasteiger partial charge in [-0.2, -0.15) is 0 Å². The lowest BCUT2D eigenvalue weighted by Crippen LogP contribution is -2.83. The first-order valence-electron chi connectivity index (χ1n) is 11.0. The predicted molar refractivity (Wildman–Crippen MR) is 124 cm³/mol. The lowest BCUT2D eigenvalue weighted by molar-refractivity contribution is -0.478. The second-order valence-corrected chi connectivity index (χ2v) is 8.22. The molecule has 1 aliphatic rings. The van der Waals surface area contributed by atoms with Crippen LogP contribution >= 0.6 is 0 Å². The van der Waals surface area contributed by atoms with Crippen molar-refractivity contribution in [3.05, 3.63) is 94.3 Å². The van der Waals surface area contributed by atoms with Gasteiger partial charge in [-0.3, -0.25) is 5.41 Å². The fraction of sp³-hybridized carbons (Fsp3) is 0.115. The molecule has 0 bridgehead atoms. The van der Waals surface area contributed by atoms with E-state index in [0.29, 0.717) is 29.7 Å². The van der Waals surface area contributed by atoms with E-state index in [1.165, 1.54) is 29.6 Å². The molecule has 0 fully saturated rings. The van der Waals surface area contributed by atoms with Crippen LogP contribution in [0.3, 0.4) is 0 Å². The number of rotatable bonds is 6. The summed E-state index contributed by atoms with van der Waals surface area (Å²) in [6.45, 7) is -0.0139. The molecule has 1 aliphatic heterocycles. The second kappa shape index (κ2) is 10.3. The van der Waals surface area contributed by atoms with Gasteiger partial charge in [0.25, 0.3) is 0 Å². The van der Waals surface area contributed by atoms with Gasteiger partial charge < -0.3 is 10.0 Å². The molecule has 0 radical (unpaired) electrons. The number of anilines is 2. The molecule has 6 nitrogen and oxygen atoms in total. The Balaban J connectivity index is 1.74. The Morgan fingerprint density at radius 2 is 1.54 bits per heavy atom. The normalized spacial score (nSPS) is 13.3. The number of para-hydroxylation sites is 1. The summed E-state index contributed by atoms with van der Waals surface area (Å²) in [5.74, 6) is -12.6. The number of carboxylic acids is 1. The zero-order valence-corrected chi connectivity index (χ0v) is 19.0. The van der Waals surface area contributed by atoms with Gasteiger partial charge in [0.1, 0.15) is 16.9 Å². The number of primary amides is 1. The van der Waals surface area contributed by atoms with E-state index in [-0.39, 0.29) is 12.2 Å². The maximum Gasteiger partial charge on any atom is 0.354 e. The molecule has 0 aliphatic carbocycles. The fourth-order valence-corrected chi connectivity index (χ4v) is 4.10. The van der Waals surface area contributed by atoms with Crippen LogP contribution in [0.2, 0.25) is 0 Å². The topological polar surface area (TPSA) is 98.1 Å². The summed E-state index contributed by atoms with van der Waals surface area (Å²) >= 11 is 0. The number of hydrogen-bond donors (Lipinski definition) is 3. The number of benzene rings is 3. The maximum atomic E-state index is 14.5. The zero-order valence-electron chi connectivity index (χ0n) is 19.0. The Kier molecular flexibility index (Phi) is 7.16. The molecule has 0 aromatic heterocycles. The third-order valence-electron chi connectivity index (χ3n) is 5.84. The number of nitrogens with two attached hydrogens (primary N) is 1. The Bertz CT molecular complexity index is 1430. The number of amides is 1. The lowest BCUT2D eigenvalue weighted by atomic mass is 9.96. The molecule has 3 aromatic carbocycles. The first-order valence-corrected chi connectivity index (χ1v) is 11.0. The van der Waals surface area contributed by atoms with Gasteiger partial charge in [-0.05, 0) is 54.3 Å². The van der Waals surface area contributed by atoms with Crippen molar-refractivity contribution in [2.75, 3.05) is 11.4 Å². The summed E-state index contributed by atoms with van der Waals surface area (Å²) in [5.41, 5.74) is -0.911. The van der Waals surface area contributed by atoms with E-state index in [1.54, 1.807) is 30.3 Å². The highest BCUT2D eigenvalue weighted by molar-refractivity contribution is 6.48. The molecule has 0 saturated carbocycles. The minimum absolute atomic E-state index is 0.0139. The zero-order chi connectivity index (χ0) is 26.9. The number of carboxylic acid groups (broad SMARTS) is 1. The van der Waals surface area contributed by atoms with Gasteiger partial charge in [-0.1, -0.05) is 24.3 Å². The summed E-state index contributed by atoms with van der Waals surface area (Å²) in [6.07, 6.45) is 1.91. The number of carbonyl (C=O) groups is 2. The SMILES string of the molecule is N=C(C(=O)O)/C(=C/c1ccc2c(c1)CCCN2c1c(F)c(F)c(F)c(F)c1F)C(=O)[NH2+]c1ccccc1. The van der Waals surface area contributed by atoms with Gasteiger partial charge in [0.15, 0.2) is 29.0 Å². The van der Waals surface area contributed by atoms with Crippen LogP contribution in [0, 0.1) is 34.5 Å². The fourth-order valence-electron chi connectivity index (χ4n) is 4.10. The van der Waals surface area contributed by atoms with Gasteiger partial charge in [0.2, 0.25) is 5.82 Å². The number of aliphatic carboxylic acids is 1. The molecule has 0 atom stereocenters. The van der Waals surface area contributed by atoms with E-state index < -0.39 is 57.9 Å². The Morgan fingerprint density at radius 3 is 2.16 bits per heavy atom. The smallest absolute Gasteiger partial charge is 0.354 e. The molecule has 4 rings (SSSR count). The van der Waals surface area contributed by atoms with Crippen molar-refractivity contribution in [3.63, 3.8) is 0 Å². The summed E-state index contributed by atoms with van der Waals surface area (Å²) in [7, 11) is 0. The molecule has 11 heteroatoms. The first kappa shape index (κ1) is 25.7. The number of aryl methyl sites for hydroxylation is 1. The van der Waals surface area contributed by atoms with Crippen molar-refractivity contribution in [1.82, 2.24) is 0 Å². The van der Waals surface area contributed by atoms with E-state index in [4.69, 9.17) is 5.41 Å². The highest BCUT2D eigenvalue weighted by atomic mass is 19.2. The Morgan fingerprint density at radius 1 is 0.919 bits per heavy atom. The van der Waals surface area contributed by atoms with E-state index in [9.17, 15) is 36.6 Å². The minimum atomic E-state index is -2.25. The van der Waals surface area contributed by atoms with Crippen molar-refractivity contribution in [3.8, 4) is 0 Å². The van der Waals surface area contributed by atoms with E-state index in [0.717, 1.165) is 4.90 Å². The Hall–Kier alpha value is -4.38. The molecular formula is C26H19F5N3O3+. The highest BCUT2D eigenvalue weighted by Gasteiger charge is 2.32. The van der Waals surface area contributed by atoms with Gasteiger partial charge in [-0.15, -0.1) is 0 Å². The monoisotopic (exact) mass is 516 g/mol. The number of nitrogens with one attached hydrogen (secondary N) is 1. The molecule has 37 heavy (non-hydrogen) atoms. The van der Waals surface area contributed by atoms with Crippen LogP contribution in [-0.4, -0.2) is 29.2 Å². The number of fused-ring (bicyclic) bond motifs is 1. The summed E-state index contributed by atoms with van der Waals surface area (Å²) in [5, 5.41) is 18.4. The summed E-state index contributed by atoms with van der Waals surface area (Å²) < 4.78 is 70.1. The number of quaternary nitrogens is 1. The van der Waals surface area contributed by atoms with Crippen LogP contribution in [0.4, 0.5) is 39.0 Å². The van der Waals surface area contributed by atoms with Crippen LogP contribution in [0.15, 0.2) is 54.1 Å². The average Bonchev–Trinajstić information content (AvgIpc) is 2.89. The summed E-state index contributed by atoms with van der Waals surface area (Å²) in [6, 6.07) is 12.7. The molecule has 1 amide bonds. The molecule has 0 spiro atoms. The predicted octanol–water partition coefficient (Wildman–Crippen LogP) is 4.38.